The maximum atomic E-state index is 13.3. The molecule has 1 atom stereocenters. The number of piperazine rings is 1. The Morgan fingerprint density at radius 1 is 0.767 bits per heavy atom. The van der Waals surface area contributed by atoms with Crippen LogP contribution in [-0.2, 0) is 33.6 Å². The Kier molecular flexibility index (Phi) is 12.7. The molecule has 8 rings (SSSR count). The highest BCUT2D eigenvalue weighted by atomic mass is 16.3. The zero-order valence-corrected chi connectivity index (χ0v) is 34.0. The number of fused-ring (bicyclic) bond motifs is 2. The molecule has 1 N–H and O–H groups in total. The standard InChI is InChI=1S/C46H52N8O6/c55-40-24-22-38(44(57)49-40)54-45(58)36-15-10-13-33(42(36)46(54)59)12-8-6-4-2-1-3-5-7-9-16-41(56)52-27-25-51(26-28-52)34-19-17-32(18-20-34)37-30-47-39(53-31-48-50-43(37)53)23-21-35-14-11-29-60-35/h10-11,13-15,17-20,29-31,38H,1-9,12,16,21-28H2,(H,49,55,57). The molecule has 2 fully saturated rings. The number of rotatable bonds is 18. The number of furan rings is 1. The zero-order chi connectivity index (χ0) is 41.4. The number of anilines is 1. The molecular formula is C46H52N8O6. The summed E-state index contributed by atoms with van der Waals surface area (Å²) in [6.45, 7) is 3.07. The monoisotopic (exact) mass is 812 g/mol. The number of hydrogen-bond donors (Lipinski definition) is 1. The van der Waals surface area contributed by atoms with Gasteiger partial charge in [-0.2, -0.15) is 0 Å². The molecule has 3 aliphatic heterocycles. The molecule has 60 heavy (non-hydrogen) atoms. The van der Waals surface area contributed by atoms with Gasteiger partial charge in [-0.3, -0.25) is 38.6 Å². The molecule has 0 bridgehead atoms. The lowest BCUT2D eigenvalue weighted by Crippen LogP contribution is -2.54. The third-order valence-electron chi connectivity index (χ3n) is 12.2. The van der Waals surface area contributed by atoms with Gasteiger partial charge in [0.05, 0.1) is 17.4 Å². The molecule has 0 radical (unpaired) electrons. The highest BCUT2D eigenvalue weighted by Gasteiger charge is 2.45. The molecule has 6 heterocycles. The third kappa shape index (κ3) is 9.02. The fraction of sp³-hybridized carbons (Fsp3) is 0.435. The fourth-order valence-electron chi connectivity index (χ4n) is 8.79. The average molecular weight is 813 g/mol. The van der Waals surface area contributed by atoms with E-state index in [0.29, 0.717) is 24.0 Å². The lowest BCUT2D eigenvalue weighted by molar-refractivity contribution is -0.136. The molecule has 3 aromatic heterocycles. The maximum absolute atomic E-state index is 13.3. The summed E-state index contributed by atoms with van der Waals surface area (Å²) < 4.78 is 7.43. The van der Waals surface area contributed by atoms with Crippen molar-refractivity contribution in [3.8, 4) is 11.1 Å². The average Bonchev–Trinajstić information content (AvgIpc) is 4.03. The number of carbonyl (C=O) groups is 5. The van der Waals surface area contributed by atoms with Gasteiger partial charge in [-0.05, 0) is 67.1 Å². The van der Waals surface area contributed by atoms with Crippen molar-refractivity contribution >= 4 is 40.9 Å². The van der Waals surface area contributed by atoms with Gasteiger partial charge < -0.3 is 14.2 Å². The van der Waals surface area contributed by atoms with Gasteiger partial charge in [0.2, 0.25) is 17.7 Å². The number of nitrogens with zero attached hydrogens (tertiary/aromatic N) is 7. The minimum atomic E-state index is -0.949. The van der Waals surface area contributed by atoms with Gasteiger partial charge in [0.1, 0.15) is 24.0 Å². The minimum Gasteiger partial charge on any atom is -0.469 e. The molecule has 14 heteroatoms. The first-order chi connectivity index (χ1) is 29.4. The van der Waals surface area contributed by atoms with Gasteiger partial charge in [0, 0.05) is 69.3 Å². The number of aromatic nitrogens is 4. The summed E-state index contributed by atoms with van der Waals surface area (Å²) in [6, 6.07) is 16.7. The molecule has 0 saturated carbocycles. The van der Waals surface area contributed by atoms with Gasteiger partial charge >= 0.3 is 0 Å². The van der Waals surface area contributed by atoms with Crippen LogP contribution in [0.15, 0.2) is 77.8 Å². The van der Waals surface area contributed by atoms with E-state index in [0.717, 1.165) is 141 Å². The van der Waals surface area contributed by atoms with E-state index in [1.165, 1.54) is 0 Å². The van der Waals surface area contributed by atoms with Crippen LogP contribution in [0, 0.1) is 0 Å². The Labute approximate surface area is 349 Å². The van der Waals surface area contributed by atoms with E-state index in [4.69, 9.17) is 9.40 Å². The van der Waals surface area contributed by atoms with Crippen LogP contribution in [0.25, 0.3) is 16.8 Å². The Morgan fingerprint density at radius 2 is 1.52 bits per heavy atom. The Hall–Kier alpha value is -6.18. The predicted octanol–water partition coefficient (Wildman–Crippen LogP) is 6.36. The molecule has 5 amide bonds. The van der Waals surface area contributed by atoms with E-state index in [1.807, 2.05) is 33.7 Å². The van der Waals surface area contributed by atoms with E-state index in [1.54, 1.807) is 24.7 Å². The van der Waals surface area contributed by atoms with Crippen LogP contribution < -0.4 is 10.2 Å². The first kappa shape index (κ1) is 40.6. The first-order valence-electron chi connectivity index (χ1n) is 21.5. The quantitative estimate of drug-likeness (QED) is 0.0778. The molecule has 2 saturated heterocycles. The Morgan fingerprint density at radius 3 is 2.25 bits per heavy atom. The maximum Gasteiger partial charge on any atom is 0.262 e. The normalized spacial score (nSPS) is 16.9. The summed E-state index contributed by atoms with van der Waals surface area (Å²) in [4.78, 5) is 73.6. The van der Waals surface area contributed by atoms with Gasteiger partial charge in [-0.25, -0.2) is 4.98 Å². The molecule has 2 aromatic carbocycles. The van der Waals surface area contributed by atoms with Gasteiger partial charge in [0.25, 0.3) is 11.8 Å². The molecule has 14 nitrogen and oxygen atoms in total. The van der Waals surface area contributed by atoms with Gasteiger partial charge in [-0.1, -0.05) is 69.2 Å². The summed E-state index contributed by atoms with van der Waals surface area (Å²) in [7, 11) is 0. The smallest absolute Gasteiger partial charge is 0.262 e. The van der Waals surface area contributed by atoms with Crippen LogP contribution in [0.4, 0.5) is 5.69 Å². The summed E-state index contributed by atoms with van der Waals surface area (Å²) in [5.74, 6) is 0.186. The summed E-state index contributed by atoms with van der Waals surface area (Å²) >= 11 is 0. The number of unbranched alkanes of at least 4 members (excludes halogenated alkanes) is 8. The number of amides is 5. The van der Waals surface area contributed by atoms with Crippen molar-refractivity contribution in [3.05, 3.63) is 102 Å². The SMILES string of the molecule is O=C1CCC(N2C(=O)c3cccc(CCCCCCCCCCCC(=O)N4CCN(c5ccc(-c6cnc(CCc7ccco7)n7cnnc67)cc5)CC4)c3C2=O)C(=O)N1. The van der Waals surface area contributed by atoms with Crippen molar-refractivity contribution in [1.82, 2.24) is 34.7 Å². The fourth-order valence-corrected chi connectivity index (χ4v) is 8.79. The minimum absolute atomic E-state index is 0.105. The molecule has 0 spiro atoms. The topological polar surface area (TPSA) is 163 Å². The lowest BCUT2D eigenvalue weighted by atomic mass is 9.97. The number of imide groups is 2. The third-order valence-corrected chi connectivity index (χ3v) is 12.2. The summed E-state index contributed by atoms with van der Waals surface area (Å²) in [5.41, 5.74) is 5.46. The van der Waals surface area contributed by atoms with Crippen LogP contribution in [0.2, 0.25) is 0 Å². The highest BCUT2D eigenvalue weighted by Crippen LogP contribution is 2.31. The number of nitrogens with one attached hydrogen (secondary N) is 1. The number of carbonyl (C=O) groups excluding carboxylic acids is 5. The second kappa shape index (κ2) is 18.8. The van der Waals surface area contributed by atoms with Crippen LogP contribution in [0.1, 0.15) is 115 Å². The number of hydrogen-bond acceptors (Lipinski definition) is 10. The number of aryl methyl sites for hydroxylation is 3. The van der Waals surface area contributed by atoms with Gasteiger partial charge in [0.15, 0.2) is 5.65 Å². The van der Waals surface area contributed by atoms with Crippen molar-refractivity contribution < 1.29 is 28.4 Å². The lowest BCUT2D eigenvalue weighted by Gasteiger charge is -2.36. The Bertz CT molecular complexity index is 2330. The van der Waals surface area contributed by atoms with E-state index < -0.39 is 23.8 Å². The molecule has 0 aliphatic carbocycles. The van der Waals surface area contributed by atoms with Crippen LogP contribution >= 0.6 is 0 Å². The second-order valence-corrected chi connectivity index (χ2v) is 16.1. The van der Waals surface area contributed by atoms with E-state index in [2.05, 4.69) is 44.7 Å². The van der Waals surface area contributed by atoms with Crippen molar-refractivity contribution in [2.75, 3.05) is 31.1 Å². The molecule has 312 valence electrons. The summed E-state index contributed by atoms with van der Waals surface area (Å²) in [5, 5.41) is 10.8. The molecule has 3 aliphatic rings. The van der Waals surface area contributed by atoms with E-state index >= 15 is 0 Å². The van der Waals surface area contributed by atoms with Crippen molar-refractivity contribution in [1.29, 1.82) is 0 Å². The highest BCUT2D eigenvalue weighted by molar-refractivity contribution is 6.24. The van der Waals surface area contributed by atoms with Gasteiger partial charge in [-0.15, -0.1) is 10.2 Å². The predicted molar refractivity (Wildman–Crippen MR) is 224 cm³/mol. The van der Waals surface area contributed by atoms with E-state index in [-0.39, 0.29) is 24.7 Å². The van der Waals surface area contributed by atoms with Crippen LogP contribution in [0.5, 0.6) is 0 Å². The zero-order valence-electron chi connectivity index (χ0n) is 34.0. The molecule has 5 aromatic rings. The number of benzene rings is 2. The van der Waals surface area contributed by atoms with Crippen molar-refractivity contribution in [2.45, 2.75) is 102 Å². The van der Waals surface area contributed by atoms with Crippen molar-refractivity contribution in [3.63, 3.8) is 0 Å². The Balaban J connectivity index is 0.687. The van der Waals surface area contributed by atoms with E-state index in [9.17, 15) is 24.0 Å². The molecule has 1 unspecified atom stereocenters. The summed E-state index contributed by atoms with van der Waals surface area (Å²) in [6.07, 6.45) is 17.9. The number of piperidine rings is 1. The van der Waals surface area contributed by atoms with Crippen LogP contribution in [0.3, 0.4) is 0 Å². The largest absolute Gasteiger partial charge is 0.469 e. The second-order valence-electron chi connectivity index (χ2n) is 16.1. The van der Waals surface area contributed by atoms with Crippen LogP contribution in [-0.4, -0.2) is 91.1 Å². The van der Waals surface area contributed by atoms with Crippen molar-refractivity contribution in [2.24, 2.45) is 0 Å². The first-order valence-corrected chi connectivity index (χ1v) is 21.5. The molecular weight excluding hydrogens is 761 g/mol.